The van der Waals surface area contributed by atoms with Crippen LogP contribution >= 0.6 is 11.6 Å². The number of rotatable bonds is 4. The molecule has 7 heteroatoms. The molecule has 3 rings (SSSR count). The standard InChI is InChI=1S/C12H18ClN5O/c13-9-14-10(17-12(8-19)4-5-12)16-11(15-9)18-6-2-1-3-7-18/h19H,1-8H2,(H,14,15,16,17). The second-order valence-corrected chi connectivity index (χ2v) is 5.68. The van der Waals surface area contributed by atoms with Gasteiger partial charge in [0, 0.05) is 13.1 Å². The number of piperidine rings is 1. The van der Waals surface area contributed by atoms with Crippen LogP contribution in [0.3, 0.4) is 0 Å². The molecule has 1 aliphatic heterocycles. The summed E-state index contributed by atoms with van der Waals surface area (Å²) < 4.78 is 0. The first-order valence-electron chi connectivity index (χ1n) is 6.76. The van der Waals surface area contributed by atoms with Gasteiger partial charge in [0.2, 0.25) is 17.2 Å². The van der Waals surface area contributed by atoms with Gasteiger partial charge in [0.05, 0.1) is 12.1 Å². The summed E-state index contributed by atoms with van der Waals surface area (Å²) in [5.41, 5.74) is -0.246. The number of aromatic nitrogens is 3. The second-order valence-electron chi connectivity index (χ2n) is 5.34. The summed E-state index contributed by atoms with van der Waals surface area (Å²) in [6, 6.07) is 0. The molecule has 2 fully saturated rings. The molecule has 1 aromatic rings. The van der Waals surface area contributed by atoms with Gasteiger partial charge in [0.15, 0.2) is 0 Å². The molecule has 1 saturated heterocycles. The Morgan fingerprint density at radius 2 is 1.89 bits per heavy atom. The Bertz CT molecular complexity index is 459. The van der Waals surface area contributed by atoms with Crippen molar-refractivity contribution in [2.24, 2.45) is 0 Å². The third kappa shape index (κ3) is 2.90. The average Bonchev–Trinajstić information content (AvgIpc) is 3.19. The normalized spacial score (nSPS) is 21.3. The van der Waals surface area contributed by atoms with Crippen LogP contribution in [0.2, 0.25) is 5.28 Å². The van der Waals surface area contributed by atoms with Crippen molar-refractivity contribution in [1.82, 2.24) is 15.0 Å². The highest BCUT2D eigenvalue weighted by Gasteiger charge is 2.42. The Hall–Kier alpha value is -1.14. The minimum absolute atomic E-state index is 0.0926. The van der Waals surface area contributed by atoms with E-state index in [9.17, 15) is 5.11 Å². The zero-order valence-electron chi connectivity index (χ0n) is 10.8. The van der Waals surface area contributed by atoms with E-state index in [1.165, 1.54) is 6.42 Å². The minimum atomic E-state index is -0.246. The van der Waals surface area contributed by atoms with Crippen molar-refractivity contribution < 1.29 is 5.11 Å². The lowest BCUT2D eigenvalue weighted by Crippen LogP contribution is -2.32. The van der Waals surface area contributed by atoms with Crippen LogP contribution in [0.4, 0.5) is 11.9 Å². The van der Waals surface area contributed by atoms with Gasteiger partial charge in [-0.25, -0.2) is 0 Å². The van der Waals surface area contributed by atoms with Crippen LogP contribution in [0.5, 0.6) is 0 Å². The molecular weight excluding hydrogens is 266 g/mol. The first-order chi connectivity index (χ1) is 9.21. The first kappa shape index (κ1) is 12.9. The summed E-state index contributed by atoms with van der Waals surface area (Å²) in [6.07, 6.45) is 5.45. The summed E-state index contributed by atoms with van der Waals surface area (Å²) in [5.74, 6) is 1.10. The average molecular weight is 284 g/mol. The number of hydrogen-bond acceptors (Lipinski definition) is 6. The summed E-state index contributed by atoms with van der Waals surface area (Å²) in [5, 5.41) is 12.7. The third-order valence-corrected chi connectivity index (χ3v) is 3.94. The van der Waals surface area contributed by atoms with Gasteiger partial charge in [-0.15, -0.1) is 0 Å². The van der Waals surface area contributed by atoms with Crippen molar-refractivity contribution in [3.63, 3.8) is 0 Å². The van der Waals surface area contributed by atoms with E-state index >= 15 is 0 Å². The Balaban J connectivity index is 1.79. The smallest absolute Gasteiger partial charge is 0.231 e. The summed E-state index contributed by atoms with van der Waals surface area (Å²) in [6.45, 7) is 2.02. The minimum Gasteiger partial charge on any atom is -0.394 e. The highest BCUT2D eigenvalue weighted by molar-refractivity contribution is 6.28. The van der Waals surface area contributed by atoms with Crippen LogP contribution in [-0.4, -0.2) is 45.3 Å². The largest absolute Gasteiger partial charge is 0.394 e. The first-order valence-corrected chi connectivity index (χ1v) is 7.14. The highest BCUT2D eigenvalue weighted by atomic mass is 35.5. The van der Waals surface area contributed by atoms with Crippen molar-refractivity contribution in [3.8, 4) is 0 Å². The molecule has 0 radical (unpaired) electrons. The van der Waals surface area contributed by atoms with E-state index in [0.717, 1.165) is 38.8 Å². The lowest BCUT2D eigenvalue weighted by Gasteiger charge is -2.27. The monoisotopic (exact) mass is 283 g/mol. The van der Waals surface area contributed by atoms with Crippen molar-refractivity contribution in [2.75, 3.05) is 29.9 Å². The number of aliphatic hydroxyl groups excluding tert-OH is 1. The molecule has 104 valence electrons. The Kier molecular flexibility index (Phi) is 3.45. The number of nitrogens with zero attached hydrogens (tertiary/aromatic N) is 4. The van der Waals surface area contributed by atoms with Crippen LogP contribution in [0, 0.1) is 0 Å². The van der Waals surface area contributed by atoms with E-state index in [1.54, 1.807) is 0 Å². The van der Waals surface area contributed by atoms with Crippen molar-refractivity contribution in [2.45, 2.75) is 37.6 Å². The van der Waals surface area contributed by atoms with Gasteiger partial charge in [-0.3, -0.25) is 0 Å². The molecule has 0 aromatic carbocycles. The fourth-order valence-electron chi connectivity index (χ4n) is 2.34. The molecule has 1 saturated carbocycles. The zero-order chi connectivity index (χ0) is 13.3. The predicted molar refractivity (Wildman–Crippen MR) is 73.6 cm³/mol. The van der Waals surface area contributed by atoms with Crippen LogP contribution in [0.25, 0.3) is 0 Å². The molecule has 0 amide bonds. The van der Waals surface area contributed by atoms with E-state index in [0.29, 0.717) is 11.9 Å². The van der Waals surface area contributed by atoms with Gasteiger partial charge in [-0.2, -0.15) is 15.0 Å². The van der Waals surface area contributed by atoms with E-state index in [4.69, 9.17) is 11.6 Å². The van der Waals surface area contributed by atoms with Gasteiger partial charge in [0.25, 0.3) is 0 Å². The Labute approximate surface area is 117 Å². The quantitative estimate of drug-likeness (QED) is 0.871. The van der Waals surface area contributed by atoms with E-state index in [2.05, 4.69) is 25.2 Å². The molecule has 19 heavy (non-hydrogen) atoms. The number of aliphatic hydroxyl groups is 1. The highest BCUT2D eigenvalue weighted by Crippen LogP contribution is 2.37. The predicted octanol–water partition coefficient (Wildman–Crippen LogP) is 1.45. The Morgan fingerprint density at radius 1 is 1.16 bits per heavy atom. The lowest BCUT2D eigenvalue weighted by atomic mass is 10.1. The summed E-state index contributed by atoms with van der Waals surface area (Å²) in [4.78, 5) is 14.9. The third-order valence-electron chi connectivity index (χ3n) is 3.77. The van der Waals surface area contributed by atoms with Crippen LogP contribution in [0.15, 0.2) is 0 Å². The maximum Gasteiger partial charge on any atom is 0.231 e. The van der Waals surface area contributed by atoms with E-state index in [-0.39, 0.29) is 17.4 Å². The van der Waals surface area contributed by atoms with Crippen LogP contribution in [-0.2, 0) is 0 Å². The SMILES string of the molecule is OCC1(Nc2nc(Cl)nc(N3CCCCC3)n2)CC1. The van der Waals surface area contributed by atoms with Gasteiger partial charge < -0.3 is 15.3 Å². The zero-order valence-corrected chi connectivity index (χ0v) is 11.5. The van der Waals surface area contributed by atoms with Gasteiger partial charge in [0.1, 0.15) is 0 Å². The van der Waals surface area contributed by atoms with Crippen molar-refractivity contribution in [3.05, 3.63) is 5.28 Å². The number of anilines is 2. The molecule has 0 bridgehead atoms. The fourth-order valence-corrected chi connectivity index (χ4v) is 2.50. The topological polar surface area (TPSA) is 74.2 Å². The molecule has 6 nitrogen and oxygen atoms in total. The summed E-state index contributed by atoms with van der Waals surface area (Å²) >= 11 is 5.97. The lowest BCUT2D eigenvalue weighted by molar-refractivity contribution is 0.265. The molecule has 2 heterocycles. The molecule has 0 atom stereocenters. The van der Waals surface area contributed by atoms with Crippen LogP contribution < -0.4 is 10.2 Å². The maximum absolute atomic E-state index is 9.33. The molecular formula is C12H18ClN5O. The van der Waals surface area contributed by atoms with Crippen molar-refractivity contribution >= 4 is 23.5 Å². The molecule has 0 spiro atoms. The van der Waals surface area contributed by atoms with E-state index < -0.39 is 0 Å². The van der Waals surface area contributed by atoms with E-state index in [1.807, 2.05) is 0 Å². The van der Waals surface area contributed by atoms with Gasteiger partial charge in [-0.05, 0) is 43.7 Å². The molecule has 2 aliphatic rings. The summed E-state index contributed by atoms with van der Waals surface area (Å²) in [7, 11) is 0. The van der Waals surface area contributed by atoms with Gasteiger partial charge >= 0.3 is 0 Å². The Morgan fingerprint density at radius 3 is 2.53 bits per heavy atom. The molecule has 1 aliphatic carbocycles. The molecule has 1 aromatic heterocycles. The number of halogens is 1. The molecule has 2 N–H and O–H groups in total. The number of hydrogen-bond donors (Lipinski definition) is 2. The fraction of sp³-hybridized carbons (Fsp3) is 0.750. The molecule has 0 unspecified atom stereocenters. The maximum atomic E-state index is 9.33. The van der Waals surface area contributed by atoms with Gasteiger partial charge in [-0.1, -0.05) is 0 Å². The number of nitrogens with one attached hydrogen (secondary N) is 1. The van der Waals surface area contributed by atoms with Crippen LogP contribution in [0.1, 0.15) is 32.1 Å². The van der Waals surface area contributed by atoms with Crippen molar-refractivity contribution in [1.29, 1.82) is 0 Å². The second kappa shape index (κ2) is 5.09.